The Bertz CT molecular complexity index is 1180. The molecule has 2 heterocycles. The molecule has 5 rings (SSSR count). The van der Waals surface area contributed by atoms with Gasteiger partial charge < -0.3 is 0 Å². The number of likely N-dealkylation sites (tertiary alicyclic amines) is 1. The fraction of sp³-hybridized carbons (Fsp3) is 0.481. The number of piperazine rings is 1. The van der Waals surface area contributed by atoms with Gasteiger partial charge in [-0.05, 0) is 42.5 Å². The van der Waals surface area contributed by atoms with Crippen LogP contribution < -0.4 is 0 Å². The SMILES string of the molecule is Cc1ccc(CN2C(=O)C3CCCCC3C2=O)cc1S(=O)(=O)N1CCN(Cc2ccccc2)CC1. The van der Waals surface area contributed by atoms with Crippen molar-refractivity contribution in [2.24, 2.45) is 11.8 Å². The van der Waals surface area contributed by atoms with E-state index in [1.54, 1.807) is 23.4 Å². The standard InChI is InChI=1S/C27H33N3O4S/c1-20-11-12-22(19-30-26(31)23-9-5-6-10-24(23)27(30)32)17-25(20)35(33,34)29-15-13-28(14-16-29)18-21-7-3-2-4-8-21/h2-4,7-8,11-12,17,23-24H,5-6,9-10,13-16,18-19H2,1H3. The van der Waals surface area contributed by atoms with Crippen LogP contribution in [0.1, 0.15) is 42.4 Å². The van der Waals surface area contributed by atoms with Gasteiger partial charge in [-0.2, -0.15) is 4.31 Å². The van der Waals surface area contributed by atoms with E-state index < -0.39 is 10.0 Å². The molecule has 0 bridgehead atoms. The first-order valence-electron chi connectivity index (χ1n) is 12.6. The van der Waals surface area contributed by atoms with Crippen molar-refractivity contribution in [2.45, 2.75) is 50.6 Å². The van der Waals surface area contributed by atoms with Gasteiger partial charge in [-0.1, -0.05) is 55.3 Å². The second-order valence-corrected chi connectivity index (χ2v) is 11.9. The molecule has 2 atom stereocenters. The summed E-state index contributed by atoms with van der Waals surface area (Å²) in [5.74, 6) is -0.590. The molecular formula is C27H33N3O4S. The van der Waals surface area contributed by atoms with Crippen LogP contribution in [0.3, 0.4) is 0 Å². The van der Waals surface area contributed by atoms with E-state index in [9.17, 15) is 18.0 Å². The van der Waals surface area contributed by atoms with Crippen molar-refractivity contribution >= 4 is 21.8 Å². The van der Waals surface area contributed by atoms with E-state index in [4.69, 9.17) is 0 Å². The number of benzene rings is 2. The van der Waals surface area contributed by atoms with Gasteiger partial charge in [-0.25, -0.2) is 8.42 Å². The van der Waals surface area contributed by atoms with Crippen LogP contribution in [0, 0.1) is 18.8 Å². The highest BCUT2D eigenvalue weighted by atomic mass is 32.2. The van der Waals surface area contributed by atoms with Crippen LogP contribution in [0.4, 0.5) is 0 Å². The van der Waals surface area contributed by atoms with E-state index in [0.717, 1.165) is 32.2 Å². The van der Waals surface area contributed by atoms with E-state index in [-0.39, 0.29) is 35.1 Å². The number of carbonyl (C=O) groups is 2. The number of fused-ring (bicyclic) bond motifs is 1. The molecule has 186 valence electrons. The first-order valence-corrected chi connectivity index (χ1v) is 14.0. The molecule has 2 unspecified atom stereocenters. The molecule has 0 spiro atoms. The Kier molecular flexibility index (Phi) is 6.79. The van der Waals surface area contributed by atoms with Gasteiger partial charge in [-0.3, -0.25) is 19.4 Å². The van der Waals surface area contributed by atoms with Gasteiger partial charge in [0.25, 0.3) is 0 Å². The van der Waals surface area contributed by atoms with Crippen LogP contribution in [0.25, 0.3) is 0 Å². The van der Waals surface area contributed by atoms with Gasteiger partial charge in [0.05, 0.1) is 23.3 Å². The second kappa shape index (κ2) is 9.84. The Balaban J connectivity index is 1.28. The molecule has 2 saturated heterocycles. The Morgan fingerprint density at radius 1 is 0.800 bits per heavy atom. The lowest BCUT2D eigenvalue weighted by molar-refractivity contribution is -0.140. The van der Waals surface area contributed by atoms with Crippen LogP contribution >= 0.6 is 0 Å². The van der Waals surface area contributed by atoms with Gasteiger partial charge in [0.1, 0.15) is 0 Å². The third kappa shape index (κ3) is 4.79. The summed E-state index contributed by atoms with van der Waals surface area (Å²) in [6.45, 7) is 4.96. The number of nitrogens with zero attached hydrogens (tertiary/aromatic N) is 3. The summed E-state index contributed by atoms with van der Waals surface area (Å²) in [6.07, 6.45) is 3.52. The van der Waals surface area contributed by atoms with Crippen molar-refractivity contribution in [1.29, 1.82) is 0 Å². The van der Waals surface area contributed by atoms with Gasteiger partial charge >= 0.3 is 0 Å². The molecule has 35 heavy (non-hydrogen) atoms. The summed E-state index contributed by atoms with van der Waals surface area (Å²) in [7, 11) is -3.67. The number of hydrogen-bond acceptors (Lipinski definition) is 5. The monoisotopic (exact) mass is 495 g/mol. The lowest BCUT2D eigenvalue weighted by Gasteiger charge is -2.34. The molecular weight excluding hydrogens is 462 g/mol. The predicted molar refractivity (Wildman–Crippen MR) is 133 cm³/mol. The molecule has 0 N–H and O–H groups in total. The van der Waals surface area contributed by atoms with Gasteiger partial charge in [0.2, 0.25) is 21.8 Å². The minimum absolute atomic E-state index is 0.0979. The number of amides is 2. The minimum Gasteiger partial charge on any atom is -0.296 e. The minimum atomic E-state index is -3.67. The zero-order valence-corrected chi connectivity index (χ0v) is 21.0. The summed E-state index contributed by atoms with van der Waals surface area (Å²) in [4.78, 5) is 29.7. The van der Waals surface area contributed by atoms with Crippen molar-refractivity contribution in [3.05, 3.63) is 65.2 Å². The predicted octanol–water partition coefficient (Wildman–Crippen LogP) is 3.18. The Hall–Kier alpha value is -2.55. The molecule has 7 nitrogen and oxygen atoms in total. The summed E-state index contributed by atoms with van der Waals surface area (Å²) in [5.41, 5.74) is 2.57. The van der Waals surface area contributed by atoms with Crippen LogP contribution in [-0.2, 0) is 32.7 Å². The smallest absolute Gasteiger partial charge is 0.243 e. The zero-order valence-electron chi connectivity index (χ0n) is 20.2. The van der Waals surface area contributed by atoms with Crippen LogP contribution in [0.15, 0.2) is 53.4 Å². The maximum absolute atomic E-state index is 13.6. The van der Waals surface area contributed by atoms with Crippen molar-refractivity contribution in [2.75, 3.05) is 26.2 Å². The van der Waals surface area contributed by atoms with Gasteiger partial charge in [0, 0.05) is 32.7 Å². The summed E-state index contributed by atoms with van der Waals surface area (Å²) < 4.78 is 28.7. The number of imide groups is 1. The number of carbonyl (C=O) groups excluding carboxylic acids is 2. The highest BCUT2D eigenvalue weighted by Crippen LogP contribution is 2.38. The fourth-order valence-corrected chi connectivity index (χ4v) is 7.40. The molecule has 1 aliphatic carbocycles. The average molecular weight is 496 g/mol. The lowest BCUT2D eigenvalue weighted by Crippen LogP contribution is -2.48. The molecule has 3 aliphatic rings. The third-order valence-electron chi connectivity index (χ3n) is 7.72. The van der Waals surface area contributed by atoms with E-state index in [2.05, 4.69) is 17.0 Å². The maximum atomic E-state index is 13.6. The summed E-state index contributed by atoms with van der Waals surface area (Å²) >= 11 is 0. The molecule has 0 radical (unpaired) electrons. The molecule has 2 aromatic rings. The van der Waals surface area contributed by atoms with Crippen molar-refractivity contribution in [3.63, 3.8) is 0 Å². The first kappa shape index (κ1) is 24.2. The van der Waals surface area contributed by atoms with E-state index in [1.165, 1.54) is 10.5 Å². The molecule has 2 amide bonds. The third-order valence-corrected chi connectivity index (χ3v) is 9.76. The van der Waals surface area contributed by atoms with Gasteiger partial charge in [-0.15, -0.1) is 0 Å². The number of aryl methyl sites for hydroxylation is 1. The van der Waals surface area contributed by atoms with Crippen molar-refractivity contribution in [3.8, 4) is 0 Å². The van der Waals surface area contributed by atoms with E-state index in [0.29, 0.717) is 37.3 Å². The van der Waals surface area contributed by atoms with Crippen molar-refractivity contribution < 1.29 is 18.0 Å². The van der Waals surface area contributed by atoms with Crippen LogP contribution in [-0.4, -0.2) is 60.5 Å². The van der Waals surface area contributed by atoms with Crippen LogP contribution in [0.5, 0.6) is 0 Å². The van der Waals surface area contributed by atoms with Crippen molar-refractivity contribution in [1.82, 2.24) is 14.1 Å². The maximum Gasteiger partial charge on any atom is 0.243 e. The molecule has 2 aromatic carbocycles. The van der Waals surface area contributed by atoms with Crippen LogP contribution in [0.2, 0.25) is 0 Å². The Morgan fingerprint density at radius 3 is 2.06 bits per heavy atom. The summed E-state index contributed by atoms with van der Waals surface area (Å²) in [6, 6.07) is 15.5. The average Bonchev–Trinajstić information content (AvgIpc) is 3.11. The normalized spacial score (nSPS) is 24.1. The first-order chi connectivity index (χ1) is 16.8. The summed E-state index contributed by atoms with van der Waals surface area (Å²) in [5, 5.41) is 0. The number of rotatable bonds is 6. The van der Waals surface area contributed by atoms with Gasteiger partial charge in [0.15, 0.2) is 0 Å². The van der Waals surface area contributed by atoms with E-state index >= 15 is 0 Å². The number of hydrogen-bond donors (Lipinski definition) is 0. The molecule has 1 saturated carbocycles. The number of sulfonamides is 1. The fourth-order valence-electron chi connectivity index (χ4n) is 5.70. The quantitative estimate of drug-likeness (QED) is 0.576. The molecule has 2 aliphatic heterocycles. The molecule has 3 fully saturated rings. The Labute approximate surface area is 207 Å². The highest BCUT2D eigenvalue weighted by molar-refractivity contribution is 7.89. The molecule has 8 heteroatoms. The lowest BCUT2D eigenvalue weighted by atomic mass is 9.81. The zero-order chi connectivity index (χ0) is 24.6. The molecule has 0 aromatic heterocycles. The largest absolute Gasteiger partial charge is 0.296 e. The Morgan fingerprint density at radius 2 is 1.43 bits per heavy atom. The topological polar surface area (TPSA) is 78.0 Å². The highest BCUT2D eigenvalue weighted by Gasteiger charge is 2.48. The second-order valence-electron chi connectivity index (χ2n) is 10.0. The van der Waals surface area contributed by atoms with E-state index in [1.807, 2.05) is 24.3 Å².